The summed E-state index contributed by atoms with van der Waals surface area (Å²) in [6.07, 6.45) is 3.90. The molecule has 80 valence electrons. The molecule has 0 aliphatic carbocycles. The second-order valence-electron chi connectivity index (χ2n) is 3.18. The van der Waals surface area contributed by atoms with E-state index in [9.17, 15) is 9.18 Å². The Morgan fingerprint density at radius 1 is 1.53 bits per heavy atom. The molecular formula is C12H14FNO. The summed E-state index contributed by atoms with van der Waals surface area (Å²) in [5.74, 6) is -0.452. The molecule has 0 aromatic heterocycles. The molecule has 0 fully saturated rings. The van der Waals surface area contributed by atoms with Gasteiger partial charge in [0.15, 0.2) is 0 Å². The van der Waals surface area contributed by atoms with Gasteiger partial charge in [-0.1, -0.05) is 19.1 Å². The molecule has 1 N–H and O–H groups in total. The highest BCUT2D eigenvalue weighted by atomic mass is 19.1. The zero-order valence-electron chi connectivity index (χ0n) is 8.66. The zero-order valence-corrected chi connectivity index (χ0v) is 8.66. The number of halogens is 1. The van der Waals surface area contributed by atoms with Crippen LogP contribution in [0.2, 0.25) is 0 Å². The third kappa shape index (κ3) is 4.40. The first kappa shape index (κ1) is 11.4. The first-order valence-corrected chi connectivity index (χ1v) is 4.94. The Morgan fingerprint density at radius 2 is 2.33 bits per heavy atom. The molecular weight excluding hydrogens is 193 g/mol. The van der Waals surface area contributed by atoms with Crippen LogP contribution in [0.5, 0.6) is 0 Å². The van der Waals surface area contributed by atoms with E-state index in [4.69, 9.17) is 0 Å². The lowest BCUT2D eigenvalue weighted by Gasteiger charge is -1.97. The number of benzene rings is 1. The van der Waals surface area contributed by atoms with Crippen molar-refractivity contribution in [2.24, 2.45) is 0 Å². The van der Waals surface area contributed by atoms with E-state index >= 15 is 0 Å². The zero-order chi connectivity index (χ0) is 11.1. The summed E-state index contributed by atoms with van der Waals surface area (Å²) in [4.78, 5) is 11.2. The van der Waals surface area contributed by atoms with Crippen molar-refractivity contribution in [3.63, 3.8) is 0 Å². The fraction of sp³-hybridized carbons (Fsp3) is 0.250. The fourth-order valence-corrected chi connectivity index (χ4v) is 1.09. The largest absolute Gasteiger partial charge is 0.353 e. The van der Waals surface area contributed by atoms with Gasteiger partial charge in [-0.3, -0.25) is 4.79 Å². The molecule has 0 aliphatic rings. The molecule has 0 radical (unpaired) electrons. The molecule has 0 saturated heterocycles. The van der Waals surface area contributed by atoms with Crippen LogP contribution in [0.25, 0.3) is 6.08 Å². The van der Waals surface area contributed by atoms with Crippen LogP contribution in [0.15, 0.2) is 30.3 Å². The van der Waals surface area contributed by atoms with E-state index in [1.807, 2.05) is 6.92 Å². The second-order valence-corrected chi connectivity index (χ2v) is 3.18. The molecule has 1 rings (SSSR count). The number of hydrogen-bond donors (Lipinski definition) is 1. The van der Waals surface area contributed by atoms with Crippen molar-refractivity contribution in [1.82, 2.24) is 5.32 Å². The minimum atomic E-state index is -0.300. The molecule has 0 atom stereocenters. The van der Waals surface area contributed by atoms with E-state index < -0.39 is 0 Å². The molecule has 0 bridgehead atoms. The Morgan fingerprint density at radius 3 is 3.00 bits per heavy atom. The van der Waals surface area contributed by atoms with Crippen molar-refractivity contribution >= 4 is 12.0 Å². The Kier molecular flexibility index (Phi) is 4.54. The van der Waals surface area contributed by atoms with Gasteiger partial charge in [0.2, 0.25) is 5.91 Å². The predicted octanol–water partition coefficient (Wildman–Crippen LogP) is 2.37. The van der Waals surface area contributed by atoms with Crippen LogP contribution < -0.4 is 5.32 Å². The fourth-order valence-electron chi connectivity index (χ4n) is 1.09. The summed E-state index contributed by atoms with van der Waals surface area (Å²) >= 11 is 0. The Hall–Kier alpha value is -1.64. The standard InChI is InChI=1S/C12H14FNO/c1-2-8-14-12(15)7-6-10-4-3-5-11(13)9-10/h3-7,9H,2,8H2,1H3,(H,14,15)/b7-6+. The van der Waals surface area contributed by atoms with Crippen LogP contribution in [0.1, 0.15) is 18.9 Å². The normalized spacial score (nSPS) is 10.5. The van der Waals surface area contributed by atoms with Gasteiger partial charge in [0.25, 0.3) is 0 Å². The van der Waals surface area contributed by atoms with Gasteiger partial charge in [0.05, 0.1) is 0 Å². The molecule has 0 aliphatic heterocycles. The van der Waals surface area contributed by atoms with E-state index in [-0.39, 0.29) is 11.7 Å². The van der Waals surface area contributed by atoms with Crippen molar-refractivity contribution in [3.8, 4) is 0 Å². The quantitative estimate of drug-likeness (QED) is 0.754. The molecule has 15 heavy (non-hydrogen) atoms. The Balaban J connectivity index is 2.53. The number of amides is 1. The van der Waals surface area contributed by atoms with Crippen molar-refractivity contribution < 1.29 is 9.18 Å². The van der Waals surface area contributed by atoms with Crippen LogP contribution in [-0.4, -0.2) is 12.5 Å². The van der Waals surface area contributed by atoms with Crippen LogP contribution in [0.3, 0.4) is 0 Å². The molecule has 0 heterocycles. The number of rotatable bonds is 4. The Labute approximate surface area is 88.8 Å². The summed E-state index contributed by atoms with van der Waals surface area (Å²) in [6, 6.07) is 6.10. The summed E-state index contributed by atoms with van der Waals surface area (Å²) in [5.41, 5.74) is 0.682. The Bertz CT molecular complexity index is 360. The number of carbonyl (C=O) groups is 1. The van der Waals surface area contributed by atoms with Crippen molar-refractivity contribution in [2.45, 2.75) is 13.3 Å². The molecule has 1 aromatic rings. The highest BCUT2D eigenvalue weighted by Gasteiger charge is 1.94. The van der Waals surface area contributed by atoms with Crippen LogP contribution in [0.4, 0.5) is 4.39 Å². The molecule has 1 aromatic carbocycles. The summed E-state index contributed by atoms with van der Waals surface area (Å²) in [6.45, 7) is 2.64. The highest BCUT2D eigenvalue weighted by molar-refractivity contribution is 5.91. The van der Waals surface area contributed by atoms with Crippen molar-refractivity contribution in [3.05, 3.63) is 41.7 Å². The molecule has 0 spiro atoms. The van der Waals surface area contributed by atoms with Gasteiger partial charge in [0, 0.05) is 12.6 Å². The number of hydrogen-bond acceptors (Lipinski definition) is 1. The average Bonchev–Trinajstić information content (AvgIpc) is 2.23. The van der Waals surface area contributed by atoms with E-state index in [1.165, 1.54) is 18.2 Å². The van der Waals surface area contributed by atoms with Gasteiger partial charge < -0.3 is 5.32 Å². The van der Waals surface area contributed by atoms with Gasteiger partial charge in [-0.15, -0.1) is 0 Å². The van der Waals surface area contributed by atoms with Gasteiger partial charge >= 0.3 is 0 Å². The highest BCUT2D eigenvalue weighted by Crippen LogP contribution is 2.04. The molecule has 0 saturated carbocycles. The minimum Gasteiger partial charge on any atom is -0.353 e. The summed E-state index contributed by atoms with van der Waals surface area (Å²) in [5, 5.41) is 2.70. The molecule has 3 heteroatoms. The first-order valence-electron chi connectivity index (χ1n) is 4.94. The summed E-state index contributed by atoms with van der Waals surface area (Å²) < 4.78 is 12.8. The third-order valence-electron chi connectivity index (χ3n) is 1.83. The van der Waals surface area contributed by atoms with E-state index in [2.05, 4.69) is 5.32 Å². The third-order valence-corrected chi connectivity index (χ3v) is 1.83. The smallest absolute Gasteiger partial charge is 0.243 e. The van der Waals surface area contributed by atoms with Gasteiger partial charge in [-0.25, -0.2) is 4.39 Å². The maximum atomic E-state index is 12.8. The molecule has 1 amide bonds. The lowest BCUT2D eigenvalue weighted by atomic mass is 10.2. The van der Waals surface area contributed by atoms with E-state index in [0.29, 0.717) is 12.1 Å². The van der Waals surface area contributed by atoms with Gasteiger partial charge in [-0.05, 0) is 30.2 Å². The van der Waals surface area contributed by atoms with E-state index in [0.717, 1.165) is 6.42 Å². The van der Waals surface area contributed by atoms with Crippen molar-refractivity contribution in [1.29, 1.82) is 0 Å². The molecule has 0 unspecified atom stereocenters. The average molecular weight is 207 g/mol. The lowest BCUT2D eigenvalue weighted by molar-refractivity contribution is -0.116. The topological polar surface area (TPSA) is 29.1 Å². The van der Waals surface area contributed by atoms with Crippen LogP contribution in [-0.2, 0) is 4.79 Å². The summed E-state index contributed by atoms with van der Waals surface area (Å²) in [7, 11) is 0. The lowest BCUT2D eigenvalue weighted by Crippen LogP contribution is -2.21. The van der Waals surface area contributed by atoms with Crippen LogP contribution >= 0.6 is 0 Å². The minimum absolute atomic E-state index is 0.152. The predicted molar refractivity (Wildman–Crippen MR) is 58.7 cm³/mol. The van der Waals surface area contributed by atoms with Gasteiger partial charge in [-0.2, -0.15) is 0 Å². The second kappa shape index (κ2) is 5.96. The van der Waals surface area contributed by atoms with E-state index in [1.54, 1.807) is 18.2 Å². The molecule has 2 nitrogen and oxygen atoms in total. The van der Waals surface area contributed by atoms with Gasteiger partial charge in [0.1, 0.15) is 5.82 Å². The van der Waals surface area contributed by atoms with Crippen LogP contribution in [0, 0.1) is 5.82 Å². The number of carbonyl (C=O) groups excluding carboxylic acids is 1. The maximum Gasteiger partial charge on any atom is 0.243 e. The SMILES string of the molecule is CCCNC(=O)/C=C/c1cccc(F)c1. The maximum absolute atomic E-state index is 12.8. The number of nitrogens with one attached hydrogen (secondary N) is 1. The first-order chi connectivity index (χ1) is 7.22. The van der Waals surface area contributed by atoms with Crippen molar-refractivity contribution in [2.75, 3.05) is 6.54 Å². The monoisotopic (exact) mass is 207 g/mol.